The van der Waals surface area contributed by atoms with Crippen LogP contribution in [0.1, 0.15) is 6.92 Å². The Morgan fingerprint density at radius 2 is 0.893 bits per heavy atom. The molecule has 15 unspecified atom stereocenters. The van der Waals surface area contributed by atoms with Crippen molar-refractivity contribution in [2.75, 3.05) is 0 Å². The summed E-state index contributed by atoms with van der Waals surface area (Å²) < 4.78 is 0.516. The molecule has 0 amide bonds. The summed E-state index contributed by atoms with van der Waals surface area (Å²) in [5.74, 6) is -1.08. The van der Waals surface area contributed by atoms with Gasteiger partial charge < -0.3 is 19.9 Å². The number of carbonyl (C=O) groups is 1. The third-order valence-electron chi connectivity index (χ3n) is 5.53. The van der Waals surface area contributed by atoms with E-state index in [1.54, 1.807) is 42.5 Å². The van der Waals surface area contributed by atoms with E-state index < -0.39 is 5.97 Å². The van der Waals surface area contributed by atoms with Crippen molar-refractivity contribution in [1.82, 2.24) is 9.97 Å². The Morgan fingerprint density at radius 3 is 1.27 bits per heavy atom. The summed E-state index contributed by atoms with van der Waals surface area (Å²) >= 11 is 14.7. The van der Waals surface area contributed by atoms with Crippen molar-refractivity contribution >= 4 is 276 Å². The first-order valence-corrected chi connectivity index (χ1v) is 62.0. The predicted octanol–water partition coefficient (Wildman–Crippen LogP) is 15.8. The summed E-state index contributed by atoms with van der Waals surface area (Å²) in [6.45, 7) is 1.18. The molecule has 0 aliphatic heterocycles. The van der Waals surface area contributed by atoms with Crippen molar-refractivity contribution in [1.29, 1.82) is 0 Å². The second-order valence-electron chi connectivity index (χ2n) is 9.73. The zero-order valence-corrected chi connectivity index (χ0v) is 61.4. The van der Waals surface area contributed by atoms with Crippen molar-refractivity contribution in [3.05, 3.63) is 89.8 Å². The van der Waals surface area contributed by atoms with Gasteiger partial charge in [-0.05, 0) is 161 Å². The number of hydrogen-bond donors (Lipinski definition) is 2. The molecule has 0 spiro atoms. The Bertz CT molecular complexity index is 1880. The van der Waals surface area contributed by atoms with E-state index in [9.17, 15) is 9.59 Å². The summed E-state index contributed by atoms with van der Waals surface area (Å²) in [7, 11) is 45.3. The second-order valence-corrected chi connectivity index (χ2v) is 115. The number of carboxylic acids is 1. The van der Waals surface area contributed by atoms with E-state index in [1.807, 2.05) is 6.07 Å². The molecule has 2 aromatic carbocycles. The van der Waals surface area contributed by atoms with Crippen molar-refractivity contribution in [2.24, 2.45) is 0 Å². The number of rotatable bonds is 11. The molecule has 0 saturated heterocycles. The number of halogens is 3. The first kappa shape index (κ1) is 65.6. The normalized spacial score (nSPS) is 12.2. The Morgan fingerprint density at radius 1 is 0.554 bits per heavy atom. The molecule has 4 rings (SSSR count). The number of fused-ring (bicyclic) bond motifs is 2. The number of carboxylic acid groups (broad SMARTS) is 1. The Balaban J connectivity index is 0.000000832. The van der Waals surface area contributed by atoms with Crippen molar-refractivity contribution in [2.45, 2.75) is 6.92 Å². The van der Waals surface area contributed by atoms with Crippen LogP contribution in [-0.4, -0.2) is 15.9 Å². The summed E-state index contributed by atoms with van der Waals surface area (Å²) in [5.41, 5.74) is 1.38. The fourth-order valence-electron chi connectivity index (χ4n) is 3.66. The molecule has 2 heterocycles. The van der Waals surface area contributed by atoms with Gasteiger partial charge in [-0.25, -0.2) is 0 Å². The minimum Gasteiger partial charge on any atom is -0.550 e. The second kappa shape index (κ2) is 34.8. The minimum absolute atomic E-state index is 0. The van der Waals surface area contributed by atoms with Crippen LogP contribution in [0.5, 0.6) is 0 Å². The number of carbonyl (C=O) groups excluding carboxylic acids is 1. The van der Waals surface area contributed by atoms with Gasteiger partial charge in [0.25, 0.3) is 5.56 Å². The quantitative estimate of drug-likeness (QED) is 0.115. The topological polar surface area (TPSA) is 106 Å². The molecule has 36 heteroatoms. The van der Waals surface area contributed by atoms with E-state index in [-0.39, 0.29) is 125 Å². The van der Waals surface area contributed by atoms with Crippen LogP contribution in [0.4, 0.5) is 0 Å². The van der Waals surface area contributed by atoms with Crippen LogP contribution >= 0.6 is 248 Å². The third kappa shape index (κ3) is 24.6. The molecule has 0 aliphatic rings. The van der Waals surface area contributed by atoms with Crippen LogP contribution in [0.2, 0.25) is 10.0 Å². The van der Waals surface area contributed by atoms with Crippen molar-refractivity contribution in [3.63, 3.8) is 0 Å². The smallest absolute Gasteiger partial charge is 0.550 e. The maximum atomic E-state index is 11.2. The fourth-order valence-corrected chi connectivity index (χ4v) is 339. The molecule has 0 fully saturated rings. The van der Waals surface area contributed by atoms with Gasteiger partial charge in [-0.3, -0.25) is 9.59 Å². The van der Waals surface area contributed by atoms with Gasteiger partial charge in [-0.2, -0.15) is 0 Å². The van der Waals surface area contributed by atoms with Crippen LogP contribution in [0.15, 0.2) is 68.7 Å². The molecule has 0 aliphatic carbocycles. The van der Waals surface area contributed by atoms with Crippen LogP contribution in [0.25, 0.3) is 21.8 Å². The van der Waals surface area contributed by atoms with Crippen LogP contribution in [0, 0.1) is 0 Å². The molecule has 56 heavy (non-hydrogen) atoms. The van der Waals surface area contributed by atoms with Gasteiger partial charge in [0.15, 0.2) is 0 Å². The maximum absolute atomic E-state index is 11.2. The third-order valence-corrected chi connectivity index (χ3v) is 173. The van der Waals surface area contributed by atoms with E-state index >= 15 is 0 Å². The molecule has 2 N–H and O–H groups in total. The molecule has 2 aromatic heterocycles. The summed E-state index contributed by atoms with van der Waals surface area (Å²) in [6, 6.07) is 15.7. The molecular weight excluding hydrogens is 1310 g/mol. The number of H-pyrrole nitrogens is 2. The van der Waals surface area contributed by atoms with Gasteiger partial charge in [-0.15, -0.1) is 125 Å². The average Bonchev–Trinajstić information content (AvgIpc) is 3.03. The van der Waals surface area contributed by atoms with Gasteiger partial charge in [0, 0.05) is 38.5 Å². The van der Waals surface area contributed by atoms with Gasteiger partial charge in [-0.1, -0.05) is 23.2 Å². The Labute approximate surface area is 416 Å². The zero-order chi connectivity index (χ0) is 42.5. The molecular formula is C20H42BrCl2N2NaO4P26. The van der Waals surface area contributed by atoms with E-state index in [2.05, 4.69) is 151 Å². The standard InChI is InChI=1S/C9H5BrClNO.C9H6ClNO.C2H4O2.Na.H28P26/c10-7-4-5-3-6(11)1-2-8(5)12-9(7)13;10-7-2-3-8-6(5-7)1-4-9(12)11-8;1-2(3)4;;1-15(2)22(16(3)4)25(21(13)14)26(23(17(5)6)18(7)8)24(19(9)10)20(11)12/h1-4H,(H,12,13);1-5H,(H,11,12);1H3,(H,3,4);;1-14H2/q;;;+1;/p-1. The first-order valence-electron chi connectivity index (χ1n) is 13.9. The Hall–Kier alpha value is 9.57. The van der Waals surface area contributed by atoms with Crippen molar-refractivity contribution in [3.8, 4) is 0 Å². The molecule has 4 aromatic rings. The van der Waals surface area contributed by atoms with Crippen LogP contribution < -0.4 is 45.8 Å². The SMILES string of the molecule is CC(=O)[O-].O=c1[nH]c2ccc(Cl)cc2cc1Br.O=c1ccc2cc(Cl)ccc2[nH]1.PP(P)P(P(P)P)P(P(P)P)P(P(P(P)P)P(P)P)P(P(P)P)P(P)P.[Na+]. The summed E-state index contributed by atoms with van der Waals surface area (Å²) in [5, 5.41) is 12.1. The molecule has 6 nitrogen and oxygen atoms in total. The predicted molar refractivity (Wildman–Crippen MR) is 337 cm³/mol. The van der Waals surface area contributed by atoms with Crippen molar-refractivity contribution < 1.29 is 39.5 Å². The molecule has 0 bridgehead atoms. The van der Waals surface area contributed by atoms with Gasteiger partial charge in [0.2, 0.25) is 5.56 Å². The maximum Gasteiger partial charge on any atom is 1.00 e. The van der Waals surface area contributed by atoms with E-state index in [0.717, 1.165) is 28.7 Å². The summed E-state index contributed by atoms with van der Waals surface area (Å²) in [4.78, 5) is 36.4. The van der Waals surface area contributed by atoms with Gasteiger partial charge in [0.05, 0.1) is 4.47 Å². The summed E-state index contributed by atoms with van der Waals surface area (Å²) in [6.07, 6.45) is 0. The number of aromatic nitrogens is 2. The van der Waals surface area contributed by atoms with Gasteiger partial charge in [0.1, 0.15) is 0 Å². The monoisotopic (exact) mass is 1350 g/mol. The molecule has 308 valence electrons. The van der Waals surface area contributed by atoms with E-state index in [0.29, 0.717) is 14.5 Å². The largest absolute Gasteiger partial charge is 1.00 e. The number of benzene rings is 2. The van der Waals surface area contributed by atoms with Gasteiger partial charge >= 0.3 is 29.6 Å². The minimum atomic E-state index is -1.08. The molecule has 0 radical (unpaired) electrons. The van der Waals surface area contributed by atoms with Crippen LogP contribution in [-0.2, 0) is 4.79 Å². The van der Waals surface area contributed by atoms with E-state index in [4.69, 9.17) is 33.1 Å². The molecule has 15 atom stereocenters. The number of nitrogens with one attached hydrogen (secondary N) is 2. The van der Waals surface area contributed by atoms with E-state index in [1.165, 1.54) is 6.07 Å². The average molecular weight is 1350 g/mol. The number of pyridine rings is 2. The number of aliphatic carboxylic acids is 1. The zero-order valence-electron chi connectivity index (χ0n) is 29.4. The number of hydrogen-bond acceptors (Lipinski definition) is 4. The first-order chi connectivity index (χ1) is 25.4. The van der Waals surface area contributed by atoms with Crippen LogP contribution in [0.3, 0.4) is 0 Å². The number of aromatic amines is 2. The molecule has 0 saturated carbocycles. The Kier molecular flexibility index (Phi) is 40.8. The fraction of sp³-hybridized carbons (Fsp3) is 0.0500.